The zero-order chi connectivity index (χ0) is 12.3. The Bertz CT molecular complexity index is 362. The van der Waals surface area contributed by atoms with Gasteiger partial charge in [0.05, 0.1) is 0 Å². The predicted molar refractivity (Wildman–Crippen MR) is 72.8 cm³/mol. The number of hydrogen-bond donors (Lipinski definition) is 1. The highest BCUT2D eigenvalue weighted by Gasteiger charge is 2.29. The van der Waals surface area contributed by atoms with E-state index in [1.54, 1.807) is 0 Å². The summed E-state index contributed by atoms with van der Waals surface area (Å²) in [6.07, 6.45) is 3.95. The van der Waals surface area contributed by atoms with Crippen molar-refractivity contribution in [2.75, 3.05) is 13.6 Å². The molecule has 0 spiro atoms. The Kier molecular flexibility index (Phi) is 4.19. The van der Waals surface area contributed by atoms with Crippen LogP contribution < -0.4 is 5.73 Å². The first-order valence-corrected chi connectivity index (χ1v) is 6.67. The highest BCUT2D eigenvalue weighted by Crippen LogP contribution is 2.29. The first-order chi connectivity index (χ1) is 8.22. The van der Waals surface area contributed by atoms with Crippen molar-refractivity contribution < 1.29 is 0 Å². The lowest BCUT2D eigenvalue weighted by Crippen LogP contribution is -2.37. The van der Waals surface area contributed by atoms with E-state index in [0.717, 1.165) is 13.1 Å². The predicted octanol–water partition coefficient (Wildman–Crippen LogP) is 2.55. The van der Waals surface area contributed by atoms with Crippen molar-refractivity contribution >= 4 is 0 Å². The van der Waals surface area contributed by atoms with Crippen LogP contribution in [0.1, 0.15) is 30.4 Å². The van der Waals surface area contributed by atoms with Crippen LogP contribution in [0.4, 0.5) is 0 Å². The van der Waals surface area contributed by atoms with Crippen molar-refractivity contribution in [2.24, 2.45) is 11.7 Å². The minimum atomic E-state index is 0.680. The van der Waals surface area contributed by atoms with E-state index < -0.39 is 0 Å². The lowest BCUT2D eigenvalue weighted by molar-refractivity contribution is 0.192. The lowest BCUT2D eigenvalue weighted by Gasteiger charge is -2.29. The van der Waals surface area contributed by atoms with Crippen molar-refractivity contribution in [3.05, 3.63) is 35.4 Å². The summed E-state index contributed by atoms with van der Waals surface area (Å²) >= 11 is 0. The molecular weight excluding hydrogens is 208 g/mol. The van der Waals surface area contributed by atoms with Gasteiger partial charge in [-0.2, -0.15) is 0 Å². The third kappa shape index (κ3) is 2.88. The molecule has 0 bridgehead atoms. The van der Waals surface area contributed by atoms with Gasteiger partial charge in [0.25, 0.3) is 0 Å². The molecule has 0 aromatic heterocycles. The first-order valence-electron chi connectivity index (χ1n) is 6.67. The van der Waals surface area contributed by atoms with Crippen molar-refractivity contribution in [2.45, 2.75) is 38.8 Å². The summed E-state index contributed by atoms with van der Waals surface area (Å²) in [6, 6.07) is 9.35. The zero-order valence-corrected chi connectivity index (χ0v) is 11.0. The molecule has 2 rings (SSSR count). The normalized spacial score (nSPS) is 24.5. The van der Waals surface area contributed by atoms with Gasteiger partial charge in [0.1, 0.15) is 0 Å². The largest absolute Gasteiger partial charge is 0.330 e. The Morgan fingerprint density at radius 3 is 2.76 bits per heavy atom. The van der Waals surface area contributed by atoms with Crippen LogP contribution in [0.15, 0.2) is 24.3 Å². The molecule has 2 N–H and O–H groups in total. The summed E-state index contributed by atoms with van der Waals surface area (Å²) in [5, 5.41) is 0. The van der Waals surface area contributed by atoms with E-state index >= 15 is 0 Å². The maximum absolute atomic E-state index is 5.86. The molecule has 0 heterocycles. The molecule has 2 unspecified atom stereocenters. The van der Waals surface area contributed by atoms with Crippen LogP contribution in [0.3, 0.4) is 0 Å². The second-order valence-electron chi connectivity index (χ2n) is 5.34. The average Bonchev–Trinajstić information content (AvgIpc) is 2.80. The molecule has 0 amide bonds. The summed E-state index contributed by atoms with van der Waals surface area (Å²) in [5.74, 6) is 0.698. The van der Waals surface area contributed by atoms with Crippen LogP contribution in [0, 0.1) is 12.8 Å². The van der Waals surface area contributed by atoms with Gasteiger partial charge in [-0.25, -0.2) is 0 Å². The van der Waals surface area contributed by atoms with Crippen molar-refractivity contribution in [3.8, 4) is 0 Å². The van der Waals surface area contributed by atoms with Crippen molar-refractivity contribution in [3.63, 3.8) is 0 Å². The summed E-state index contributed by atoms with van der Waals surface area (Å²) in [5.41, 5.74) is 8.69. The standard InChI is InChI=1S/C15H24N2/c1-12-6-3-4-7-14(12)11-17(2)15-9-5-8-13(15)10-16/h3-4,6-7,13,15H,5,8-11,16H2,1-2H3. The van der Waals surface area contributed by atoms with Crippen molar-refractivity contribution in [1.29, 1.82) is 0 Å². The Labute approximate surface area is 105 Å². The Morgan fingerprint density at radius 2 is 2.06 bits per heavy atom. The van der Waals surface area contributed by atoms with Gasteiger partial charge in [0.15, 0.2) is 0 Å². The van der Waals surface area contributed by atoms with Crippen LogP contribution >= 0.6 is 0 Å². The smallest absolute Gasteiger partial charge is 0.0236 e. The second-order valence-corrected chi connectivity index (χ2v) is 5.34. The molecule has 1 aromatic carbocycles. The first kappa shape index (κ1) is 12.6. The molecule has 2 atom stereocenters. The molecule has 1 aliphatic carbocycles. The summed E-state index contributed by atoms with van der Waals surface area (Å²) < 4.78 is 0. The van der Waals surface area contributed by atoms with Gasteiger partial charge in [-0.15, -0.1) is 0 Å². The number of nitrogens with zero attached hydrogens (tertiary/aromatic N) is 1. The van der Waals surface area contributed by atoms with Gasteiger partial charge >= 0.3 is 0 Å². The number of rotatable bonds is 4. The third-order valence-corrected chi connectivity index (χ3v) is 4.17. The Balaban J connectivity index is 2.01. The number of nitrogens with two attached hydrogens (primary N) is 1. The highest BCUT2D eigenvalue weighted by atomic mass is 15.1. The molecule has 1 aromatic rings. The average molecular weight is 232 g/mol. The molecule has 0 radical (unpaired) electrons. The third-order valence-electron chi connectivity index (χ3n) is 4.17. The zero-order valence-electron chi connectivity index (χ0n) is 11.0. The minimum Gasteiger partial charge on any atom is -0.330 e. The molecule has 1 aliphatic rings. The number of aryl methyl sites for hydroxylation is 1. The van der Waals surface area contributed by atoms with E-state index in [1.165, 1.54) is 30.4 Å². The summed E-state index contributed by atoms with van der Waals surface area (Å²) in [7, 11) is 2.24. The minimum absolute atomic E-state index is 0.680. The van der Waals surface area contributed by atoms with E-state index in [-0.39, 0.29) is 0 Å². The molecule has 0 aliphatic heterocycles. The van der Waals surface area contributed by atoms with Gasteiger partial charge in [0, 0.05) is 12.6 Å². The van der Waals surface area contributed by atoms with E-state index in [0.29, 0.717) is 12.0 Å². The second kappa shape index (κ2) is 5.65. The van der Waals surface area contributed by atoms with Crippen LogP contribution in [0.5, 0.6) is 0 Å². The molecule has 1 saturated carbocycles. The van der Waals surface area contributed by atoms with E-state index in [4.69, 9.17) is 5.73 Å². The van der Waals surface area contributed by atoms with Gasteiger partial charge in [0.2, 0.25) is 0 Å². The van der Waals surface area contributed by atoms with E-state index in [1.807, 2.05) is 0 Å². The van der Waals surface area contributed by atoms with Gasteiger partial charge in [-0.3, -0.25) is 4.90 Å². The number of hydrogen-bond acceptors (Lipinski definition) is 2. The van der Waals surface area contributed by atoms with Crippen LogP contribution in [0.2, 0.25) is 0 Å². The Hall–Kier alpha value is -0.860. The van der Waals surface area contributed by atoms with Gasteiger partial charge < -0.3 is 5.73 Å². The molecule has 2 heteroatoms. The molecule has 17 heavy (non-hydrogen) atoms. The van der Waals surface area contributed by atoms with E-state index in [9.17, 15) is 0 Å². The van der Waals surface area contributed by atoms with Crippen LogP contribution in [-0.4, -0.2) is 24.5 Å². The summed E-state index contributed by atoms with van der Waals surface area (Å²) in [4.78, 5) is 2.49. The maximum atomic E-state index is 5.86. The molecular formula is C15H24N2. The fraction of sp³-hybridized carbons (Fsp3) is 0.600. The fourth-order valence-corrected chi connectivity index (χ4v) is 3.05. The number of benzene rings is 1. The topological polar surface area (TPSA) is 29.3 Å². The monoisotopic (exact) mass is 232 g/mol. The van der Waals surface area contributed by atoms with Gasteiger partial charge in [-0.1, -0.05) is 30.7 Å². The van der Waals surface area contributed by atoms with Gasteiger partial charge in [-0.05, 0) is 50.4 Å². The SMILES string of the molecule is Cc1ccccc1CN(C)C1CCCC1CN. The summed E-state index contributed by atoms with van der Waals surface area (Å²) in [6.45, 7) is 4.08. The van der Waals surface area contributed by atoms with E-state index in [2.05, 4.69) is 43.1 Å². The quantitative estimate of drug-likeness (QED) is 0.864. The Morgan fingerprint density at radius 1 is 1.29 bits per heavy atom. The highest BCUT2D eigenvalue weighted by molar-refractivity contribution is 5.25. The molecule has 0 saturated heterocycles. The molecule has 2 nitrogen and oxygen atoms in total. The molecule has 94 valence electrons. The van der Waals surface area contributed by atoms with Crippen molar-refractivity contribution in [1.82, 2.24) is 4.90 Å². The molecule has 1 fully saturated rings. The fourth-order valence-electron chi connectivity index (χ4n) is 3.05. The van der Waals surface area contributed by atoms with Crippen LogP contribution in [-0.2, 0) is 6.54 Å². The van der Waals surface area contributed by atoms with Crippen LogP contribution in [0.25, 0.3) is 0 Å². The maximum Gasteiger partial charge on any atom is 0.0236 e. The lowest BCUT2D eigenvalue weighted by atomic mass is 10.0.